The summed E-state index contributed by atoms with van der Waals surface area (Å²) in [4.78, 5) is 4.13. The van der Waals surface area contributed by atoms with E-state index >= 15 is 0 Å². The van der Waals surface area contributed by atoms with Crippen molar-refractivity contribution in [2.24, 2.45) is 0 Å². The van der Waals surface area contributed by atoms with Crippen molar-refractivity contribution in [3.05, 3.63) is 24.0 Å². The number of ether oxygens (including phenoxy) is 1. The highest BCUT2D eigenvalue weighted by atomic mass is 79.9. The number of aromatic nitrogens is 2. The quantitative estimate of drug-likeness (QED) is 0.746. The summed E-state index contributed by atoms with van der Waals surface area (Å²) in [6.45, 7) is 0.308. The summed E-state index contributed by atoms with van der Waals surface area (Å²) in [7, 11) is 0. The molecule has 1 aliphatic rings. The van der Waals surface area contributed by atoms with Crippen molar-refractivity contribution in [3.63, 3.8) is 0 Å². The molecule has 0 saturated carbocycles. The lowest BCUT2D eigenvalue weighted by Gasteiger charge is -2.27. The van der Waals surface area contributed by atoms with Crippen molar-refractivity contribution in [1.29, 1.82) is 0 Å². The van der Waals surface area contributed by atoms with Gasteiger partial charge in [-0.1, -0.05) is 15.9 Å². The van der Waals surface area contributed by atoms with Crippen LogP contribution in [0.4, 0.5) is 13.2 Å². The van der Waals surface area contributed by atoms with E-state index in [1.54, 1.807) is 22.4 Å². The van der Waals surface area contributed by atoms with Gasteiger partial charge in [0.1, 0.15) is 5.75 Å². The Hall–Kier alpha value is -0.890. The second-order valence-corrected chi connectivity index (χ2v) is 6.58. The van der Waals surface area contributed by atoms with Gasteiger partial charge in [-0.15, -0.1) is 0 Å². The Labute approximate surface area is 132 Å². The number of imidazole rings is 1. The van der Waals surface area contributed by atoms with Gasteiger partial charge in [0, 0.05) is 22.9 Å². The van der Waals surface area contributed by atoms with Crippen LogP contribution in [0.5, 0.6) is 5.75 Å². The predicted octanol–water partition coefficient (Wildman–Crippen LogP) is 4.12. The Bertz CT molecular complexity index is 655. The van der Waals surface area contributed by atoms with E-state index < -0.39 is 11.7 Å². The second kappa shape index (κ2) is 5.72. The Morgan fingerprint density at radius 2 is 2.14 bits per heavy atom. The highest BCUT2D eigenvalue weighted by Gasteiger charge is 2.36. The summed E-state index contributed by atoms with van der Waals surface area (Å²) in [6.07, 6.45) is -2.93. The summed E-state index contributed by atoms with van der Waals surface area (Å²) in [6, 6.07) is 2.72. The lowest BCUT2D eigenvalue weighted by molar-refractivity contribution is -0.136. The molecular weight excluding hydrogens is 369 g/mol. The van der Waals surface area contributed by atoms with Crippen LogP contribution in [0.15, 0.2) is 18.5 Å². The topological polar surface area (TPSA) is 27.1 Å². The summed E-state index contributed by atoms with van der Waals surface area (Å²) < 4.78 is 47.0. The van der Waals surface area contributed by atoms with E-state index in [-0.39, 0.29) is 17.3 Å². The monoisotopic (exact) mass is 380 g/mol. The molecule has 1 saturated heterocycles. The maximum absolute atomic E-state index is 13.4. The van der Waals surface area contributed by atoms with Gasteiger partial charge < -0.3 is 9.30 Å². The van der Waals surface area contributed by atoms with Crippen molar-refractivity contribution in [2.75, 3.05) is 23.4 Å². The van der Waals surface area contributed by atoms with Gasteiger partial charge in [0.25, 0.3) is 0 Å². The first-order chi connectivity index (χ1) is 10.0. The van der Waals surface area contributed by atoms with Crippen molar-refractivity contribution >= 4 is 38.7 Å². The SMILES string of the molecule is FC(F)(F)c1cc(OCCBr)cc2ncn(C3CSC3)c12. The number of hydrogen-bond donors (Lipinski definition) is 0. The fourth-order valence-corrected chi connectivity index (χ4v) is 3.19. The number of alkyl halides is 4. The van der Waals surface area contributed by atoms with Crippen molar-refractivity contribution in [1.82, 2.24) is 9.55 Å². The van der Waals surface area contributed by atoms with Crippen LogP contribution in [-0.4, -0.2) is 33.0 Å². The number of benzene rings is 1. The summed E-state index contributed by atoms with van der Waals surface area (Å²) >= 11 is 4.91. The molecule has 8 heteroatoms. The lowest BCUT2D eigenvalue weighted by Crippen LogP contribution is -2.23. The highest BCUT2D eigenvalue weighted by molar-refractivity contribution is 9.09. The molecule has 1 aliphatic heterocycles. The molecule has 0 radical (unpaired) electrons. The molecule has 0 bridgehead atoms. The number of fused-ring (bicyclic) bond motifs is 1. The Morgan fingerprint density at radius 3 is 2.71 bits per heavy atom. The zero-order valence-corrected chi connectivity index (χ0v) is 13.3. The molecule has 2 heterocycles. The van der Waals surface area contributed by atoms with Crippen LogP contribution in [0.2, 0.25) is 0 Å². The minimum atomic E-state index is -4.43. The first kappa shape index (κ1) is 15.0. The van der Waals surface area contributed by atoms with Crippen molar-refractivity contribution in [3.8, 4) is 5.75 Å². The van der Waals surface area contributed by atoms with Gasteiger partial charge in [0.05, 0.1) is 35.6 Å². The van der Waals surface area contributed by atoms with E-state index in [2.05, 4.69) is 20.9 Å². The van der Waals surface area contributed by atoms with Gasteiger partial charge in [-0.3, -0.25) is 0 Å². The molecular formula is C13H12BrF3N2OS. The van der Waals surface area contributed by atoms with Gasteiger partial charge in [-0.2, -0.15) is 24.9 Å². The molecule has 3 nitrogen and oxygen atoms in total. The number of thioether (sulfide) groups is 1. The van der Waals surface area contributed by atoms with E-state index in [1.165, 1.54) is 6.33 Å². The number of nitrogens with zero attached hydrogens (tertiary/aromatic N) is 2. The summed E-state index contributed by atoms with van der Waals surface area (Å²) in [5, 5.41) is 0.556. The average Bonchev–Trinajstić information content (AvgIpc) is 2.76. The minimum absolute atomic E-state index is 0.0930. The first-order valence-corrected chi connectivity index (χ1v) is 8.62. The third-order valence-electron chi connectivity index (χ3n) is 3.31. The molecule has 0 aliphatic carbocycles. The second-order valence-electron chi connectivity index (χ2n) is 4.72. The molecule has 3 rings (SSSR count). The minimum Gasteiger partial charge on any atom is -0.493 e. The zero-order chi connectivity index (χ0) is 15.0. The van der Waals surface area contributed by atoms with Crippen LogP contribution in [0.25, 0.3) is 11.0 Å². The molecule has 0 amide bonds. The van der Waals surface area contributed by atoms with Crippen LogP contribution in [0.1, 0.15) is 11.6 Å². The Balaban J connectivity index is 2.13. The maximum Gasteiger partial charge on any atom is 0.418 e. The fraction of sp³-hybridized carbons (Fsp3) is 0.462. The van der Waals surface area contributed by atoms with Gasteiger partial charge >= 0.3 is 6.18 Å². The molecule has 1 fully saturated rings. The van der Waals surface area contributed by atoms with E-state index in [0.29, 0.717) is 17.5 Å². The largest absolute Gasteiger partial charge is 0.493 e. The standard InChI is InChI=1S/C13H12BrF3N2OS/c14-1-2-20-9-3-10(13(15,16)17)12-11(4-9)18-7-19(12)8-5-21-6-8/h3-4,7-8H,1-2,5-6H2. The Kier molecular flexibility index (Phi) is 4.09. The number of halogens is 4. The highest BCUT2D eigenvalue weighted by Crippen LogP contribution is 2.40. The molecule has 1 aromatic heterocycles. The molecule has 21 heavy (non-hydrogen) atoms. The van der Waals surface area contributed by atoms with Crippen LogP contribution >= 0.6 is 27.7 Å². The first-order valence-electron chi connectivity index (χ1n) is 6.35. The predicted molar refractivity (Wildman–Crippen MR) is 80.4 cm³/mol. The van der Waals surface area contributed by atoms with E-state index in [1.807, 2.05) is 0 Å². The van der Waals surface area contributed by atoms with Crippen molar-refractivity contribution < 1.29 is 17.9 Å². The fourth-order valence-electron chi connectivity index (χ4n) is 2.26. The van der Waals surface area contributed by atoms with Crippen LogP contribution in [0, 0.1) is 0 Å². The lowest BCUT2D eigenvalue weighted by atomic mass is 10.1. The third-order valence-corrected chi connectivity index (χ3v) is 4.87. The van der Waals surface area contributed by atoms with Gasteiger partial charge in [-0.05, 0) is 6.07 Å². The molecule has 0 atom stereocenters. The van der Waals surface area contributed by atoms with Gasteiger partial charge in [0.2, 0.25) is 0 Å². The number of hydrogen-bond acceptors (Lipinski definition) is 3. The molecule has 114 valence electrons. The van der Waals surface area contributed by atoms with E-state index in [0.717, 1.165) is 17.6 Å². The van der Waals surface area contributed by atoms with Crippen LogP contribution in [0.3, 0.4) is 0 Å². The number of rotatable bonds is 4. The summed E-state index contributed by atoms with van der Waals surface area (Å²) in [5.74, 6) is 1.84. The Morgan fingerprint density at radius 1 is 1.38 bits per heavy atom. The van der Waals surface area contributed by atoms with Gasteiger partial charge in [-0.25, -0.2) is 4.98 Å². The molecule has 0 spiro atoms. The smallest absolute Gasteiger partial charge is 0.418 e. The van der Waals surface area contributed by atoms with E-state index in [4.69, 9.17) is 4.74 Å². The maximum atomic E-state index is 13.4. The molecule has 1 aromatic carbocycles. The zero-order valence-electron chi connectivity index (χ0n) is 10.9. The van der Waals surface area contributed by atoms with Crippen LogP contribution in [-0.2, 0) is 6.18 Å². The normalized spacial score (nSPS) is 16.2. The summed E-state index contributed by atoms with van der Waals surface area (Å²) in [5.41, 5.74) is -0.204. The van der Waals surface area contributed by atoms with E-state index in [9.17, 15) is 13.2 Å². The molecule has 0 unspecified atom stereocenters. The molecule has 0 N–H and O–H groups in total. The average molecular weight is 381 g/mol. The van der Waals surface area contributed by atoms with Gasteiger partial charge in [0.15, 0.2) is 0 Å². The van der Waals surface area contributed by atoms with Crippen molar-refractivity contribution in [2.45, 2.75) is 12.2 Å². The molecule has 2 aromatic rings. The van der Waals surface area contributed by atoms with Crippen LogP contribution < -0.4 is 4.74 Å². The third kappa shape index (κ3) is 2.88.